The van der Waals surface area contributed by atoms with Crippen LogP contribution in [0.4, 0.5) is 0 Å². The third-order valence-corrected chi connectivity index (χ3v) is 1.16. The molecule has 0 aromatic rings. The molecule has 0 rings (SSSR count). The maximum absolute atomic E-state index is 8.59. The number of aliphatic hydroxyl groups is 1. The molecule has 0 bridgehead atoms. The fourth-order valence-corrected chi connectivity index (χ4v) is 0.372. The second kappa shape index (κ2) is 3.89. The molecule has 8 heavy (non-hydrogen) atoms. The number of rotatable bonds is 2. The van der Waals surface area contributed by atoms with Crippen LogP contribution in [-0.2, 0) is 0 Å². The highest BCUT2D eigenvalue weighted by molar-refractivity contribution is 6.21. The maximum Gasteiger partial charge on any atom is 0.149 e. The molecule has 0 spiro atoms. The van der Waals surface area contributed by atoms with Crippen LogP contribution < -0.4 is 5.73 Å². The van der Waals surface area contributed by atoms with Gasteiger partial charge in [0.25, 0.3) is 0 Å². The van der Waals surface area contributed by atoms with Gasteiger partial charge in [0.2, 0.25) is 0 Å². The number of halogens is 1. The molecule has 0 saturated heterocycles. The normalized spacial score (nSPS) is 16.2. The third-order valence-electron chi connectivity index (χ3n) is 0.816. The Morgan fingerprint density at radius 1 is 2.00 bits per heavy atom. The van der Waals surface area contributed by atoms with Gasteiger partial charge in [0.1, 0.15) is 5.56 Å². The zero-order valence-electron chi connectivity index (χ0n) is 4.76. The van der Waals surface area contributed by atoms with E-state index in [1.54, 1.807) is 13.0 Å². The average Bonchev–Trinajstić information content (AvgIpc) is 1.67. The van der Waals surface area contributed by atoms with Crippen molar-refractivity contribution in [1.29, 1.82) is 0 Å². The van der Waals surface area contributed by atoms with Gasteiger partial charge in [-0.1, -0.05) is 17.7 Å². The van der Waals surface area contributed by atoms with Crippen molar-refractivity contribution in [3.8, 4) is 0 Å². The Bertz CT molecular complexity index is 90.4. The lowest BCUT2D eigenvalue weighted by atomic mass is 10.3. The van der Waals surface area contributed by atoms with Crippen LogP contribution in [0, 0.1) is 0 Å². The second-order valence-electron chi connectivity index (χ2n) is 1.52. The first-order valence-corrected chi connectivity index (χ1v) is 2.81. The number of nitrogens with two attached hydrogens (primary N) is 1. The average molecular weight is 136 g/mol. The molecule has 0 radical (unpaired) electrons. The van der Waals surface area contributed by atoms with Crippen LogP contribution >= 0.6 is 11.6 Å². The van der Waals surface area contributed by atoms with E-state index in [0.717, 1.165) is 0 Å². The number of alkyl halides is 1. The summed E-state index contributed by atoms with van der Waals surface area (Å²) >= 11 is 5.24. The number of hydrogen-bond acceptors (Lipinski definition) is 2. The number of aliphatic hydroxyl groups excluding tert-OH is 1. The van der Waals surface area contributed by atoms with Gasteiger partial charge in [0.05, 0.1) is 0 Å². The van der Waals surface area contributed by atoms with E-state index < -0.39 is 5.56 Å². The van der Waals surface area contributed by atoms with Gasteiger partial charge in [0.15, 0.2) is 0 Å². The Kier molecular flexibility index (Phi) is 3.87. The van der Waals surface area contributed by atoms with Gasteiger partial charge < -0.3 is 10.8 Å². The van der Waals surface area contributed by atoms with Gasteiger partial charge in [-0.05, 0) is 12.5 Å². The predicted molar refractivity (Wildman–Crippen MR) is 34.7 cm³/mol. The van der Waals surface area contributed by atoms with E-state index in [9.17, 15) is 0 Å². The minimum Gasteiger partial charge on any atom is -0.374 e. The molecule has 1 unspecified atom stereocenters. The molecule has 0 fully saturated rings. The lowest BCUT2D eigenvalue weighted by Gasteiger charge is -1.98. The SMILES string of the molecule is C/C(=C\CN)C(O)Cl. The van der Waals surface area contributed by atoms with Gasteiger partial charge in [-0.15, -0.1) is 0 Å². The Morgan fingerprint density at radius 2 is 2.50 bits per heavy atom. The first-order chi connectivity index (χ1) is 3.68. The van der Waals surface area contributed by atoms with Crippen molar-refractivity contribution in [2.75, 3.05) is 6.54 Å². The highest BCUT2D eigenvalue weighted by atomic mass is 35.5. The molecule has 1 atom stereocenters. The largest absolute Gasteiger partial charge is 0.374 e. The molecule has 0 aromatic carbocycles. The van der Waals surface area contributed by atoms with Crippen molar-refractivity contribution in [2.45, 2.75) is 12.5 Å². The first-order valence-electron chi connectivity index (χ1n) is 2.37. The highest BCUT2D eigenvalue weighted by Crippen LogP contribution is 2.02. The summed E-state index contributed by atoms with van der Waals surface area (Å²) in [5.74, 6) is 0. The van der Waals surface area contributed by atoms with Crippen molar-refractivity contribution in [2.24, 2.45) is 5.73 Å². The minimum absolute atomic E-state index is 0.426. The molecular formula is C5H10ClNO. The molecule has 0 aliphatic rings. The van der Waals surface area contributed by atoms with Gasteiger partial charge in [-0.25, -0.2) is 0 Å². The smallest absolute Gasteiger partial charge is 0.149 e. The summed E-state index contributed by atoms with van der Waals surface area (Å²) in [4.78, 5) is 0. The van der Waals surface area contributed by atoms with Crippen LogP contribution in [0.1, 0.15) is 6.92 Å². The monoisotopic (exact) mass is 135 g/mol. The summed E-state index contributed by atoms with van der Waals surface area (Å²) in [6.45, 7) is 2.15. The van der Waals surface area contributed by atoms with Crippen molar-refractivity contribution in [3.63, 3.8) is 0 Å². The van der Waals surface area contributed by atoms with Crippen molar-refractivity contribution in [1.82, 2.24) is 0 Å². The molecule has 3 heteroatoms. The van der Waals surface area contributed by atoms with Gasteiger partial charge in [-0.3, -0.25) is 0 Å². The summed E-state index contributed by atoms with van der Waals surface area (Å²) < 4.78 is 0. The number of hydrogen-bond donors (Lipinski definition) is 2. The fraction of sp³-hybridized carbons (Fsp3) is 0.600. The second-order valence-corrected chi connectivity index (χ2v) is 1.93. The quantitative estimate of drug-likeness (QED) is 0.427. The molecule has 0 aliphatic heterocycles. The Labute approximate surface area is 53.9 Å². The Hall–Kier alpha value is -0.0500. The van der Waals surface area contributed by atoms with Crippen LogP contribution in [0.5, 0.6) is 0 Å². The zero-order chi connectivity index (χ0) is 6.57. The summed E-state index contributed by atoms with van der Waals surface area (Å²) in [5, 5.41) is 8.59. The van der Waals surface area contributed by atoms with Gasteiger partial charge in [-0.2, -0.15) is 0 Å². The van der Waals surface area contributed by atoms with E-state index in [-0.39, 0.29) is 0 Å². The van der Waals surface area contributed by atoms with Crippen LogP contribution in [-0.4, -0.2) is 17.2 Å². The summed E-state index contributed by atoms with van der Waals surface area (Å²) in [5.41, 5.74) is 4.95. The summed E-state index contributed by atoms with van der Waals surface area (Å²) in [6, 6.07) is 0. The van der Waals surface area contributed by atoms with Crippen LogP contribution in [0.3, 0.4) is 0 Å². The van der Waals surface area contributed by atoms with Gasteiger partial charge >= 0.3 is 0 Å². The van der Waals surface area contributed by atoms with Crippen molar-refractivity contribution < 1.29 is 5.11 Å². The molecule has 0 amide bonds. The van der Waals surface area contributed by atoms with E-state index in [1.807, 2.05) is 0 Å². The molecule has 0 aromatic heterocycles. The van der Waals surface area contributed by atoms with E-state index in [0.29, 0.717) is 12.1 Å². The third kappa shape index (κ3) is 3.02. The van der Waals surface area contributed by atoms with Crippen molar-refractivity contribution in [3.05, 3.63) is 11.6 Å². The lowest BCUT2D eigenvalue weighted by Crippen LogP contribution is -2.01. The van der Waals surface area contributed by atoms with E-state index in [4.69, 9.17) is 22.4 Å². The zero-order valence-corrected chi connectivity index (χ0v) is 5.52. The predicted octanol–water partition coefficient (Wildman–Crippen LogP) is 0.449. The standard InChI is InChI=1S/C5H10ClNO/c1-4(2-3-7)5(6)8/h2,5,8H,3,7H2,1H3/b4-2+. The van der Waals surface area contributed by atoms with Crippen molar-refractivity contribution >= 4 is 11.6 Å². The van der Waals surface area contributed by atoms with Crippen LogP contribution in [0.2, 0.25) is 0 Å². The first kappa shape index (κ1) is 7.95. The molecule has 0 aliphatic carbocycles. The molecule has 2 nitrogen and oxygen atoms in total. The molecular weight excluding hydrogens is 126 g/mol. The van der Waals surface area contributed by atoms with E-state index in [2.05, 4.69) is 0 Å². The van der Waals surface area contributed by atoms with E-state index in [1.165, 1.54) is 0 Å². The maximum atomic E-state index is 8.59. The Morgan fingerprint density at radius 3 is 2.62 bits per heavy atom. The lowest BCUT2D eigenvalue weighted by molar-refractivity contribution is 0.291. The van der Waals surface area contributed by atoms with E-state index >= 15 is 0 Å². The molecule has 0 heterocycles. The highest BCUT2D eigenvalue weighted by Gasteiger charge is 1.96. The van der Waals surface area contributed by atoms with Crippen LogP contribution in [0.15, 0.2) is 11.6 Å². The molecule has 48 valence electrons. The topological polar surface area (TPSA) is 46.2 Å². The minimum atomic E-state index is -0.876. The summed E-state index contributed by atoms with van der Waals surface area (Å²) in [6.07, 6.45) is 1.68. The van der Waals surface area contributed by atoms with Crippen LogP contribution in [0.25, 0.3) is 0 Å². The Balaban J connectivity index is 3.61. The fourth-order valence-electron chi connectivity index (χ4n) is 0.283. The molecule has 0 saturated carbocycles. The summed E-state index contributed by atoms with van der Waals surface area (Å²) in [7, 11) is 0. The molecule has 3 N–H and O–H groups in total. The van der Waals surface area contributed by atoms with Gasteiger partial charge in [0, 0.05) is 6.54 Å².